The van der Waals surface area contributed by atoms with Crippen molar-refractivity contribution in [1.82, 2.24) is 0 Å². The summed E-state index contributed by atoms with van der Waals surface area (Å²) in [6.45, 7) is 6.67. The maximum Gasteiger partial charge on any atom is 0.0740 e. The second-order valence-corrected chi connectivity index (χ2v) is 6.52. The van der Waals surface area contributed by atoms with Crippen LogP contribution in [0.4, 0.5) is 0 Å². The molecule has 0 saturated heterocycles. The summed E-state index contributed by atoms with van der Waals surface area (Å²) in [4.78, 5) is 0. The monoisotopic (exact) mass is 241 g/mol. The summed E-state index contributed by atoms with van der Waals surface area (Å²) in [5.74, 6) is 0.678. The third-order valence-electron chi connectivity index (χ3n) is 4.15. The van der Waals surface area contributed by atoms with Gasteiger partial charge in [0.05, 0.1) is 12.0 Å². The zero-order valence-electron chi connectivity index (χ0n) is 11.7. The number of rotatable bonds is 2. The van der Waals surface area contributed by atoms with E-state index in [2.05, 4.69) is 51.1 Å². The van der Waals surface area contributed by atoms with Crippen LogP contribution in [0.5, 0.6) is 0 Å². The van der Waals surface area contributed by atoms with Gasteiger partial charge in [0.15, 0.2) is 0 Å². The minimum Gasteiger partial charge on any atom is -0.198 e. The second-order valence-electron chi connectivity index (χ2n) is 6.52. The molecule has 1 atom stereocenters. The Morgan fingerprint density at radius 1 is 1.11 bits per heavy atom. The molecule has 0 spiro atoms. The normalized spacial score (nSPS) is 18.6. The lowest BCUT2D eigenvalue weighted by Crippen LogP contribution is -2.12. The zero-order valence-corrected chi connectivity index (χ0v) is 11.7. The maximum absolute atomic E-state index is 9.42. The molecule has 2 rings (SSSR count). The number of nitrogens with zero attached hydrogens (tertiary/aromatic N) is 1. The molecular formula is C17H23N. The van der Waals surface area contributed by atoms with Crippen LogP contribution in [-0.4, -0.2) is 0 Å². The molecular weight excluding hydrogens is 218 g/mol. The summed E-state index contributed by atoms with van der Waals surface area (Å²) in [5, 5.41) is 9.42. The van der Waals surface area contributed by atoms with Crippen molar-refractivity contribution in [2.24, 2.45) is 5.92 Å². The van der Waals surface area contributed by atoms with E-state index >= 15 is 0 Å². The first-order valence-electron chi connectivity index (χ1n) is 7.02. The largest absolute Gasteiger partial charge is 0.198 e. The van der Waals surface area contributed by atoms with Crippen LogP contribution < -0.4 is 0 Å². The fraction of sp³-hybridized carbons (Fsp3) is 0.588. The number of nitriles is 1. The van der Waals surface area contributed by atoms with Crippen molar-refractivity contribution in [3.63, 3.8) is 0 Å². The third-order valence-corrected chi connectivity index (χ3v) is 4.15. The van der Waals surface area contributed by atoms with Gasteiger partial charge in [0.1, 0.15) is 0 Å². The summed E-state index contributed by atoms with van der Waals surface area (Å²) in [7, 11) is 0. The van der Waals surface area contributed by atoms with Gasteiger partial charge >= 0.3 is 0 Å². The molecule has 0 aromatic heterocycles. The Labute approximate surface area is 111 Å². The van der Waals surface area contributed by atoms with E-state index in [1.165, 1.54) is 36.8 Å². The summed E-state index contributed by atoms with van der Waals surface area (Å²) >= 11 is 0. The maximum atomic E-state index is 9.42. The highest BCUT2D eigenvalue weighted by molar-refractivity contribution is 5.32. The van der Waals surface area contributed by atoms with Crippen LogP contribution in [0.1, 0.15) is 63.5 Å². The Hall–Kier alpha value is -1.29. The van der Waals surface area contributed by atoms with Crippen molar-refractivity contribution >= 4 is 0 Å². The van der Waals surface area contributed by atoms with E-state index in [0.717, 1.165) is 0 Å². The second kappa shape index (κ2) is 5.14. The molecule has 1 aromatic rings. The highest BCUT2D eigenvalue weighted by Crippen LogP contribution is 2.37. The summed E-state index contributed by atoms with van der Waals surface area (Å²) in [6, 6.07) is 11.2. The first-order valence-corrected chi connectivity index (χ1v) is 7.02. The highest BCUT2D eigenvalue weighted by Gasteiger charge is 2.26. The predicted octanol–water partition coefficient (Wildman–Crippen LogP) is 4.78. The average molecular weight is 241 g/mol. The SMILES string of the molecule is CC(C)(C)c1ccc(C(C#N)C2CCCC2)cc1. The van der Waals surface area contributed by atoms with E-state index in [-0.39, 0.29) is 11.3 Å². The summed E-state index contributed by atoms with van der Waals surface area (Å²) in [5.41, 5.74) is 2.74. The zero-order chi connectivity index (χ0) is 13.2. The van der Waals surface area contributed by atoms with E-state index in [4.69, 9.17) is 0 Å². The fourth-order valence-corrected chi connectivity index (χ4v) is 2.93. The predicted molar refractivity (Wildman–Crippen MR) is 75.5 cm³/mol. The van der Waals surface area contributed by atoms with Crippen molar-refractivity contribution in [1.29, 1.82) is 5.26 Å². The number of benzene rings is 1. The molecule has 0 aliphatic heterocycles. The summed E-state index contributed by atoms with van der Waals surface area (Å²) < 4.78 is 0. The van der Waals surface area contributed by atoms with Crippen molar-refractivity contribution in [3.05, 3.63) is 35.4 Å². The molecule has 1 heteroatoms. The van der Waals surface area contributed by atoms with Gasteiger partial charge < -0.3 is 0 Å². The Balaban J connectivity index is 2.20. The van der Waals surface area contributed by atoms with Crippen molar-refractivity contribution in [2.75, 3.05) is 0 Å². The van der Waals surface area contributed by atoms with E-state index in [1.54, 1.807) is 0 Å². The molecule has 1 nitrogen and oxygen atoms in total. The molecule has 1 aliphatic rings. The number of hydrogen-bond donors (Lipinski definition) is 0. The smallest absolute Gasteiger partial charge is 0.0740 e. The third kappa shape index (κ3) is 2.75. The first-order chi connectivity index (χ1) is 8.52. The van der Waals surface area contributed by atoms with E-state index in [1.807, 2.05) is 0 Å². The standard InChI is InChI=1S/C17H23N/c1-17(2,3)15-10-8-14(9-11-15)16(12-18)13-6-4-5-7-13/h8-11,13,16H,4-7H2,1-3H3. The minimum atomic E-state index is 0.0986. The van der Waals surface area contributed by atoms with E-state index in [0.29, 0.717) is 5.92 Å². The topological polar surface area (TPSA) is 23.8 Å². The molecule has 1 aromatic carbocycles. The molecule has 1 aliphatic carbocycles. The molecule has 18 heavy (non-hydrogen) atoms. The van der Waals surface area contributed by atoms with Crippen LogP contribution in [0.15, 0.2) is 24.3 Å². The molecule has 0 N–H and O–H groups in total. The lowest BCUT2D eigenvalue weighted by Gasteiger charge is -2.21. The Kier molecular flexibility index (Phi) is 3.76. The van der Waals surface area contributed by atoms with Crippen LogP contribution in [0.2, 0.25) is 0 Å². The molecule has 0 bridgehead atoms. The molecule has 96 valence electrons. The Morgan fingerprint density at radius 3 is 2.11 bits per heavy atom. The van der Waals surface area contributed by atoms with Gasteiger partial charge in [-0.2, -0.15) is 5.26 Å². The van der Waals surface area contributed by atoms with Gasteiger partial charge in [0.2, 0.25) is 0 Å². The van der Waals surface area contributed by atoms with Gasteiger partial charge in [-0.1, -0.05) is 57.9 Å². The van der Waals surface area contributed by atoms with E-state index < -0.39 is 0 Å². The molecule has 1 unspecified atom stereocenters. The van der Waals surface area contributed by atoms with Gasteiger partial charge in [0.25, 0.3) is 0 Å². The summed E-state index contributed by atoms with van der Waals surface area (Å²) in [6.07, 6.45) is 5.03. The fourth-order valence-electron chi connectivity index (χ4n) is 2.93. The van der Waals surface area contributed by atoms with E-state index in [9.17, 15) is 5.26 Å². The molecule has 1 saturated carbocycles. The molecule has 0 heterocycles. The van der Waals surface area contributed by atoms with Crippen LogP contribution in [-0.2, 0) is 5.41 Å². The lowest BCUT2D eigenvalue weighted by molar-refractivity contribution is 0.500. The average Bonchev–Trinajstić information content (AvgIpc) is 2.83. The highest BCUT2D eigenvalue weighted by atomic mass is 14.3. The molecule has 0 amide bonds. The van der Waals surface area contributed by atoms with Crippen molar-refractivity contribution in [2.45, 2.75) is 57.8 Å². The quantitative estimate of drug-likeness (QED) is 0.731. The van der Waals surface area contributed by atoms with Crippen LogP contribution in [0.25, 0.3) is 0 Å². The van der Waals surface area contributed by atoms with Gasteiger partial charge in [-0.15, -0.1) is 0 Å². The Morgan fingerprint density at radius 2 is 1.67 bits per heavy atom. The van der Waals surface area contributed by atoms with Crippen molar-refractivity contribution < 1.29 is 0 Å². The van der Waals surface area contributed by atoms with Crippen LogP contribution in [0, 0.1) is 17.2 Å². The minimum absolute atomic E-state index is 0.0986. The molecule has 1 fully saturated rings. The van der Waals surface area contributed by atoms with Gasteiger partial charge in [-0.3, -0.25) is 0 Å². The first kappa shape index (κ1) is 13.1. The Bertz CT molecular complexity index is 424. The van der Waals surface area contributed by atoms with Crippen molar-refractivity contribution in [3.8, 4) is 6.07 Å². The lowest BCUT2D eigenvalue weighted by atomic mass is 9.82. The van der Waals surface area contributed by atoms with Gasteiger partial charge in [-0.05, 0) is 35.3 Å². The molecule has 0 radical (unpaired) electrons. The van der Waals surface area contributed by atoms with Gasteiger partial charge in [0, 0.05) is 0 Å². The van der Waals surface area contributed by atoms with Gasteiger partial charge in [-0.25, -0.2) is 0 Å². The van der Waals surface area contributed by atoms with Crippen LogP contribution >= 0.6 is 0 Å². The van der Waals surface area contributed by atoms with Crippen LogP contribution in [0.3, 0.4) is 0 Å². The number of hydrogen-bond acceptors (Lipinski definition) is 1.